The maximum atomic E-state index is 12.8. The van der Waals surface area contributed by atoms with Crippen LogP contribution in [0.5, 0.6) is 0 Å². The van der Waals surface area contributed by atoms with Gasteiger partial charge in [0.2, 0.25) is 5.91 Å². The lowest BCUT2D eigenvalue weighted by Gasteiger charge is -2.05. The SMILES string of the molecule is O=C(Cc1ccc(F)cc1)Nc1cccc2nsnc12. The van der Waals surface area contributed by atoms with Crippen LogP contribution in [-0.4, -0.2) is 14.7 Å². The van der Waals surface area contributed by atoms with Crippen LogP contribution in [0, 0.1) is 5.82 Å². The zero-order chi connectivity index (χ0) is 13.9. The summed E-state index contributed by atoms with van der Waals surface area (Å²) in [6.07, 6.45) is 0.189. The zero-order valence-electron chi connectivity index (χ0n) is 10.3. The fourth-order valence-corrected chi connectivity index (χ4v) is 2.44. The second-order valence-corrected chi connectivity index (χ2v) is 4.82. The molecule has 1 aromatic heterocycles. The van der Waals surface area contributed by atoms with Gasteiger partial charge in [-0.2, -0.15) is 8.75 Å². The molecule has 0 aliphatic heterocycles. The fraction of sp³-hybridized carbons (Fsp3) is 0.0714. The lowest BCUT2D eigenvalue weighted by atomic mass is 10.1. The highest BCUT2D eigenvalue weighted by molar-refractivity contribution is 7.00. The van der Waals surface area contributed by atoms with Gasteiger partial charge in [-0.25, -0.2) is 4.39 Å². The number of carbonyl (C=O) groups excluding carboxylic acids is 1. The fourth-order valence-electron chi connectivity index (χ4n) is 1.89. The summed E-state index contributed by atoms with van der Waals surface area (Å²) < 4.78 is 21.1. The molecule has 0 atom stereocenters. The standard InChI is InChI=1S/C14H10FN3OS/c15-10-6-4-9(5-7-10)8-13(19)16-11-2-1-3-12-14(11)18-20-17-12/h1-7H,8H2,(H,16,19). The number of benzene rings is 2. The van der Waals surface area contributed by atoms with Crippen LogP contribution in [0.3, 0.4) is 0 Å². The first-order chi connectivity index (χ1) is 9.72. The summed E-state index contributed by atoms with van der Waals surface area (Å²) in [5, 5.41) is 2.81. The van der Waals surface area contributed by atoms with E-state index in [1.54, 1.807) is 18.2 Å². The Kier molecular flexibility index (Phi) is 3.39. The Morgan fingerprint density at radius 3 is 2.75 bits per heavy atom. The molecule has 100 valence electrons. The number of nitrogens with one attached hydrogen (secondary N) is 1. The lowest BCUT2D eigenvalue weighted by molar-refractivity contribution is -0.115. The van der Waals surface area contributed by atoms with E-state index in [9.17, 15) is 9.18 Å². The number of carbonyl (C=O) groups is 1. The van der Waals surface area contributed by atoms with Gasteiger partial charge in [0.05, 0.1) is 23.8 Å². The van der Waals surface area contributed by atoms with Crippen LogP contribution in [0.15, 0.2) is 42.5 Å². The Bertz CT molecular complexity index is 754. The highest BCUT2D eigenvalue weighted by Crippen LogP contribution is 2.21. The monoisotopic (exact) mass is 287 g/mol. The van der Waals surface area contributed by atoms with Crippen molar-refractivity contribution in [1.82, 2.24) is 8.75 Å². The van der Waals surface area contributed by atoms with Crippen molar-refractivity contribution in [3.05, 3.63) is 53.8 Å². The van der Waals surface area contributed by atoms with Gasteiger partial charge >= 0.3 is 0 Å². The first kappa shape index (κ1) is 12.7. The summed E-state index contributed by atoms with van der Waals surface area (Å²) in [6.45, 7) is 0. The maximum absolute atomic E-state index is 12.8. The predicted octanol–water partition coefficient (Wildman–Crippen LogP) is 3.01. The Morgan fingerprint density at radius 2 is 1.95 bits per heavy atom. The number of aromatic nitrogens is 2. The van der Waals surface area contributed by atoms with Gasteiger partial charge in [-0.1, -0.05) is 18.2 Å². The number of fused-ring (bicyclic) bond motifs is 1. The van der Waals surface area contributed by atoms with Gasteiger partial charge in [0.25, 0.3) is 0 Å². The van der Waals surface area contributed by atoms with Crippen molar-refractivity contribution < 1.29 is 9.18 Å². The number of halogens is 1. The highest BCUT2D eigenvalue weighted by Gasteiger charge is 2.09. The largest absolute Gasteiger partial charge is 0.324 e. The first-order valence-electron chi connectivity index (χ1n) is 5.98. The number of amides is 1. The number of nitrogens with zero attached hydrogens (tertiary/aromatic N) is 2. The smallest absolute Gasteiger partial charge is 0.228 e. The van der Waals surface area contributed by atoms with E-state index in [1.165, 1.54) is 12.1 Å². The van der Waals surface area contributed by atoms with Gasteiger partial charge in [0.15, 0.2) is 0 Å². The van der Waals surface area contributed by atoms with E-state index in [0.717, 1.165) is 22.8 Å². The molecule has 0 unspecified atom stereocenters. The van der Waals surface area contributed by atoms with E-state index < -0.39 is 0 Å². The van der Waals surface area contributed by atoms with E-state index in [0.29, 0.717) is 11.2 Å². The van der Waals surface area contributed by atoms with E-state index in [4.69, 9.17) is 0 Å². The van der Waals surface area contributed by atoms with Crippen LogP contribution in [0.2, 0.25) is 0 Å². The van der Waals surface area contributed by atoms with Crippen LogP contribution in [0.1, 0.15) is 5.56 Å². The van der Waals surface area contributed by atoms with Crippen LogP contribution in [0.25, 0.3) is 11.0 Å². The van der Waals surface area contributed by atoms with E-state index in [1.807, 2.05) is 12.1 Å². The summed E-state index contributed by atoms with van der Waals surface area (Å²) in [5.74, 6) is -0.482. The molecule has 0 saturated carbocycles. The van der Waals surface area contributed by atoms with Gasteiger partial charge in [0.1, 0.15) is 16.9 Å². The maximum Gasteiger partial charge on any atom is 0.228 e. The second kappa shape index (κ2) is 5.34. The van der Waals surface area contributed by atoms with Crippen molar-refractivity contribution in [2.45, 2.75) is 6.42 Å². The highest BCUT2D eigenvalue weighted by atomic mass is 32.1. The van der Waals surface area contributed by atoms with Crippen molar-refractivity contribution in [1.29, 1.82) is 0 Å². The molecule has 3 rings (SSSR count). The molecule has 3 aromatic rings. The minimum absolute atomic E-state index is 0.169. The molecule has 2 aromatic carbocycles. The topological polar surface area (TPSA) is 54.9 Å². The summed E-state index contributed by atoms with van der Waals surface area (Å²) in [5.41, 5.74) is 2.84. The molecule has 1 N–H and O–H groups in total. The van der Waals surface area contributed by atoms with Crippen molar-refractivity contribution in [3.8, 4) is 0 Å². The third-order valence-corrected chi connectivity index (χ3v) is 3.38. The van der Waals surface area contributed by atoms with Crippen LogP contribution < -0.4 is 5.32 Å². The predicted molar refractivity (Wildman–Crippen MR) is 76.1 cm³/mol. The lowest BCUT2D eigenvalue weighted by Crippen LogP contribution is -2.14. The van der Waals surface area contributed by atoms with Crippen molar-refractivity contribution in [3.63, 3.8) is 0 Å². The Morgan fingerprint density at radius 1 is 1.15 bits per heavy atom. The average molecular weight is 287 g/mol. The first-order valence-corrected chi connectivity index (χ1v) is 6.71. The van der Waals surface area contributed by atoms with Gasteiger partial charge in [-0.3, -0.25) is 4.79 Å². The summed E-state index contributed by atoms with van der Waals surface area (Å²) >= 11 is 1.11. The summed E-state index contributed by atoms with van der Waals surface area (Å²) in [4.78, 5) is 12.0. The van der Waals surface area contributed by atoms with Crippen LogP contribution >= 0.6 is 11.7 Å². The van der Waals surface area contributed by atoms with Crippen molar-refractivity contribution >= 4 is 34.4 Å². The molecule has 20 heavy (non-hydrogen) atoms. The third kappa shape index (κ3) is 2.65. The molecule has 1 amide bonds. The van der Waals surface area contributed by atoms with Crippen LogP contribution in [0.4, 0.5) is 10.1 Å². The van der Waals surface area contributed by atoms with Gasteiger partial charge in [0, 0.05) is 0 Å². The molecule has 0 aliphatic rings. The second-order valence-electron chi connectivity index (χ2n) is 4.29. The Balaban J connectivity index is 1.76. The van der Waals surface area contributed by atoms with E-state index in [-0.39, 0.29) is 18.1 Å². The molecular weight excluding hydrogens is 277 g/mol. The molecular formula is C14H10FN3OS. The Hall–Kier alpha value is -2.34. The van der Waals surface area contributed by atoms with Crippen LogP contribution in [-0.2, 0) is 11.2 Å². The molecule has 0 saturated heterocycles. The Labute approximate surface area is 118 Å². The number of hydrogen-bond donors (Lipinski definition) is 1. The molecule has 4 nitrogen and oxygen atoms in total. The molecule has 1 heterocycles. The molecule has 0 spiro atoms. The summed E-state index contributed by atoms with van der Waals surface area (Å²) in [7, 11) is 0. The van der Waals surface area contributed by atoms with Gasteiger partial charge in [-0.15, -0.1) is 0 Å². The minimum Gasteiger partial charge on any atom is -0.324 e. The minimum atomic E-state index is -0.313. The molecule has 0 radical (unpaired) electrons. The molecule has 6 heteroatoms. The molecule has 0 aliphatic carbocycles. The summed E-state index contributed by atoms with van der Waals surface area (Å²) in [6, 6.07) is 11.3. The number of rotatable bonds is 3. The third-order valence-electron chi connectivity index (χ3n) is 2.84. The quantitative estimate of drug-likeness (QED) is 0.805. The number of hydrogen-bond acceptors (Lipinski definition) is 4. The molecule has 0 fully saturated rings. The van der Waals surface area contributed by atoms with E-state index >= 15 is 0 Å². The zero-order valence-corrected chi connectivity index (χ0v) is 11.2. The molecule has 0 bridgehead atoms. The van der Waals surface area contributed by atoms with Gasteiger partial charge in [-0.05, 0) is 29.8 Å². The van der Waals surface area contributed by atoms with Gasteiger partial charge < -0.3 is 5.32 Å². The normalized spacial score (nSPS) is 10.7. The number of anilines is 1. The van der Waals surface area contributed by atoms with E-state index in [2.05, 4.69) is 14.1 Å². The van der Waals surface area contributed by atoms with Crippen molar-refractivity contribution in [2.24, 2.45) is 0 Å². The average Bonchev–Trinajstić information content (AvgIpc) is 2.91. The van der Waals surface area contributed by atoms with Crippen molar-refractivity contribution in [2.75, 3.05) is 5.32 Å².